The fourth-order valence-electron chi connectivity index (χ4n) is 3.51. The van der Waals surface area contributed by atoms with Crippen LogP contribution in [0.25, 0.3) is 0 Å². The molecule has 1 N–H and O–H groups in total. The molecule has 0 radical (unpaired) electrons. The van der Waals surface area contributed by atoms with Gasteiger partial charge in [-0.2, -0.15) is 0 Å². The Bertz CT molecular complexity index is 814. The first-order valence-corrected chi connectivity index (χ1v) is 11.6. The Morgan fingerprint density at radius 2 is 1.75 bits per heavy atom. The second-order valence-electron chi connectivity index (χ2n) is 9.11. The van der Waals surface area contributed by atoms with E-state index in [1.54, 1.807) is 7.11 Å². The Morgan fingerprint density at radius 3 is 2.41 bits per heavy atom. The van der Waals surface area contributed by atoms with E-state index in [4.69, 9.17) is 14.2 Å². The zero-order valence-corrected chi connectivity index (χ0v) is 20.3. The van der Waals surface area contributed by atoms with E-state index >= 15 is 0 Å². The Balaban J connectivity index is 2.04. The van der Waals surface area contributed by atoms with E-state index in [-0.39, 0.29) is 12.1 Å². The first-order chi connectivity index (χ1) is 15.3. The minimum Gasteiger partial charge on any atom is -0.493 e. The fraction of sp³-hybridized carbons (Fsp3) is 0.519. The van der Waals surface area contributed by atoms with Crippen molar-refractivity contribution in [3.8, 4) is 11.5 Å². The molecule has 2 rings (SSSR count). The second-order valence-corrected chi connectivity index (χ2v) is 9.11. The number of methoxy groups -OCH3 is 1. The van der Waals surface area contributed by atoms with Gasteiger partial charge < -0.3 is 19.5 Å². The molecule has 1 amide bonds. The van der Waals surface area contributed by atoms with Gasteiger partial charge in [0.25, 0.3) is 0 Å². The quantitative estimate of drug-likeness (QED) is 0.391. The number of alkyl carbamates (subject to hydrolysis) is 1. The summed E-state index contributed by atoms with van der Waals surface area (Å²) in [5, 5.41) is 3.06. The van der Waals surface area contributed by atoms with Gasteiger partial charge in [0.15, 0.2) is 11.5 Å². The Kier molecular flexibility index (Phi) is 10.4. The van der Waals surface area contributed by atoms with Crippen LogP contribution in [0.4, 0.5) is 4.79 Å². The average molecular weight is 442 g/mol. The molecule has 0 fully saturated rings. The molecule has 0 saturated heterocycles. The van der Waals surface area contributed by atoms with E-state index in [2.05, 4.69) is 24.4 Å². The van der Waals surface area contributed by atoms with E-state index < -0.39 is 5.60 Å². The second kappa shape index (κ2) is 13.0. The first-order valence-electron chi connectivity index (χ1n) is 11.6. The topological polar surface area (TPSA) is 56.8 Å². The van der Waals surface area contributed by atoms with Crippen LogP contribution in [0, 0.1) is 0 Å². The largest absolute Gasteiger partial charge is 0.493 e. The lowest BCUT2D eigenvalue weighted by Crippen LogP contribution is -2.40. The maximum absolute atomic E-state index is 12.4. The summed E-state index contributed by atoms with van der Waals surface area (Å²) in [5.74, 6) is 1.44. The molecule has 32 heavy (non-hydrogen) atoms. The summed E-state index contributed by atoms with van der Waals surface area (Å²) in [6.07, 6.45) is 5.42. The van der Waals surface area contributed by atoms with Crippen molar-refractivity contribution in [3.05, 3.63) is 59.7 Å². The summed E-state index contributed by atoms with van der Waals surface area (Å²) in [4.78, 5) is 12.4. The third-order valence-corrected chi connectivity index (χ3v) is 5.08. The van der Waals surface area contributed by atoms with Crippen molar-refractivity contribution in [1.82, 2.24) is 5.32 Å². The minimum absolute atomic E-state index is 0.00182. The van der Waals surface area contributed by atoms with Gasteiger partial charge in [0.2, 0.25) is 0 Å². The molecule has 176 valence electrons. The average Bonchev–Trinajstić information content (AvgIpc) is 2.73. The zero-order chi connectivity index (χ0) is 23.4. The van der Waals surface area contributed by atoms with Crippen LogP contribution in [0.3, 0.4) is 0 Å². The zero-order valence-electron chi connectivity index (χ0n) is 20.3. The van der Waals surface area contributed by atoms with Crippen molar-refractivity contribution in [2.75, 3.05) is 13.7 Å². The number of rotatable bonds is 12. The van der Waals surface area contributed by atoms with Crippen LogP contribution >= 0.6 is 0 Å². The van der Waals surface area contributed by atoms with Crippen LogP contribution in [0.1, 0.15) is 64.5 Å². The summed E-state index contributed by atoms with van der Waals surface area (Å²) in [6.45, 7) is 8.38. The van der Waals surface area contributed by atoms with Gasteiger partial charge >= 0.3 is 6.09 Å². The number of amides is 1. The molecule has 0 aliphatic carbocycles. The minimum atomic E-state index is -0.516. The number of carbonyl (C=O) groups excluding carboxylic acids is 1. The lowest BCUT2D eigenvalue weighted by atomic mass is 10.00. The molecule has 5 heteroatoms. The van der Waals surface area contributed by atoms with Crippen molar-refractivity contribution in [3.63, 3.8) is 0 Å². The van der Waals surface area contributed by atoms with Crippen LogP contribution in [0.5, 0.6) is 11.5 Å². The van der Waals surface area contributed by atoms with E-state index in [1.807, 2.05) is 57.2 Å². The molecule has 0 bridgehead atoms. The number of ether oxygens (including phenoxy) is 3. The normalized spacial score (nSPS) is 12.2. The SMILES string of the molecule is CCCCCC(Cc1ccc(OC)c(OCCc2ccccc2)c1)NC(=O)OC(C)(C)C. The van der Waals surface area contributed by atoms with Gasteiger partial charge in [0.05, 0.1) is 13.7 Å². The maximum Gasteiger partial charge on any atom is 0.407 e. The summed E-state index contributed by atoms with van der Waals surface area (Å²) in [5.41, 5.74) is 1.82. The molecule has 2 aromatic rings. The Hall–Kier alpha value is -2.69. The molecular formula is C27H39NO4. The molecule has 1 unspecified atom stereocenters. The van der Waals surface area contributed by atoms with Crippen molar-refractivity contribution in [2.24, 2.45) is 0 Å². The van der Waals surface area contributed by atoms with Crippen LogP contribution in [0.15, 0.2) is 48.5 Å². The number of hydrogen-bond acceptors (Lipinski definition) is 4. The Morgan fingerprint density at radius 1 is 1.00 bits per heavy atom. The molecule has 0 saturated carbocycles. The smallest absolute Gasteiger partial charge is 0.407 e. The Labute approximate surface area is 193 Å². The third kappa shape index (κ3) is 9.63. The molecule has 1 atom stereocenters. The monoisotopic (exact) mass is 441 g/mol. The van der Waals surface area contributed by atoms with Gasteiger partial charge in [-0.05, 0) is 56.9 Å². The highest BCUT2D eigenvalue weighted by atomic mass is 16.6. The van der Waals surface area contributed by atoms with Gasteiger partial charge in [-0.25, -0.2) is 4.79 Å². The summed E-state index contributed by atoms with van der Waals surface area (Å²) >= 11 is 0. The van der Waals surface area contributed by atoms with Crippen LogP contribution in [-0.2, 0) is 17.6 Å². The predicted molar refractivity (Wildman–Crippen MR) is 130 cm³/mol. The molecule has 5 nitrogen and oxygen atoms in total. The van der Waals surface area contributed by atoms with Crippen molar-refractivity contribution in [1.29, 1.82) is 0 Å². The number of unbranched alkanes of at least 4 members (excludes halogenated alkanes) is 2. The van der Waals surface area contributed by atoms with Crippen LogP contribution in [-0.4, -0.2) is 31.5 Å². The summed E-state index contributed by atoms with van der Waals surface area (Å²) in [7, 11) is 1.65. The molecule has 0 aliphatic heterocycles. The highest BCUT2D eigenvalue weighted by Gasteiger charge is 2.20. The van der Waals surface area contributed by atoms with Crippen LogP contribution in [0.2, 0.25) is 0 Å². The molecule has 2 aromatic carbocycles. The molecule has 0 aliphatic rings. The standard InChI is InChI=1S/C27H39NO4/c1-6-7-9-14-23(28-26(29)32-27(2,3)4)19-22-15-16-24(30-5)25(20-22)31-18-17-21-12-10-8-11-13-21/h8,10-13,15-16,20,23H,6-7,9,14,17-19H2,1-5H3,(H,28,29). The van der Waals surface area contributed by atoms with Gasteiger partial charge in [0, 0.05) is 12.5 Å². The summed E-state index contributed by atoms with van der Waals surface area (Å²) < 4.78 is 17.0. The fourth-order valence-corrected chi connectivity index (χ4v) is 3.51. The van der Waals surface area contributed by atoms with E-state index in [1.165, 1.54) is 5.56 Å². The van der Waals surface area contributed by atoms with Crippen molar-refractivity contribution in [2.45, 2.75) is 77.9 Å². The van der Waals surface area contributed by atoms with Gasteiger partial charge in [-0.15, -0.1) is 0 Å². The lowest BCUT2D eigenvalue weighted by Gasteiger charge is -2.24. The first kappa shape index (κ1) is 25.6. The molecule has 0 heterocycles. The maximum atomic E-state index is 12.4. The van der Waals surface area contributed by atoms with Gasteiger partial charge in [-0.3, -0.25) is 0 Å². The van der Waals surface area contributed by atoms with Gasteiger partial charge in [0.1, 0.15) is 5.60 Å². The van der Waals surface area contributed by atoms with Crippen LogP contribution < -0.4 is 14.8 Å². The highest BCUT2D eigenvalue weighted by molar-refractivity contribution is 5.68. The summed E-state index contributed by atoms with van der Waals surface area (Å²) in [6, 6.07) is 16.3. The molecule has 0 aromatic heterocycles. The predicted octanol–water partition coefficient (Wildman–Crippen LogP) is 6.33. The van der Waals surface area contributed by atoms with Crippen molar-refractivity contribution < 1.29 is 19.0 Å². The van der Waals surface area contributed by atoms with Crippen molar-refractivity contribution >= 4 is 6.09 Å². The van der Waals surface area contributed by atoms with E-state index in [9.17, 15) is 4.79 Å². The molecular weight excluding hydrogens is 402 g/mol. The number of nitrogens with one attached hydrogen (secondary N) is 1. The number of hydrogen-bond donors (Lipinski definition) is 1. The van der Waals surface area contributed by atoms with E-state index in [0.717, 1.165) is 43.4 Å². The van der Waals surface area contributed by atoms with Gasteiger partial charge in [-0.1, -0.05) is 62.6 Å². The third-order valence-electron chi connectivity index (χ3n) is 5.08. The molecule has 0 spiro atoms. The van der Waals surface area contributed by atoms with E-state index in [0.29, 0.717) is 18.8 Å². The highest BCUT2D eigenvalue weighted by Crippen LogP contribution is 2.29. The number of benzene rings is 2. The number of carbonyl (C=O) groups is 1. The lowest BCUT2D eigenvalue weighted by molar-refractivity contribution is 0.0501.